The standard InChI is InChI=1S/C14H16ClFN4O2/c1-7(18-14(21)22)11(4-8-2-3-8)19-13-10(16)5-9(6-17)12(15)20-13/h5,7-8,11,18H,2-4H2,1H3,(H,19,20)(H,21,22)/t7-,11+/m0/s1. The summed E-state index contributed by atoms with van der Waals surface area (Å²) >= 11 is 5.82. The van der Waals surface area contributed by atoms with E-state index in [9.17, 15) is 9.18 Å². The van der Waals surface area contributed by atoms with Gasteiger partial charge >= 0.3 is 6.09 Å². The van der Waals surface area contributed by atoms with Crippen molar-refractivity contribution in [2.75, 3.05) is 5.32 Å². The van der Waals surface area contributed by atoms with E-state index in [1.165, 1.54) is 0 Å². The number of nitrogens with one attached hydrogen (secondary N) is 2. The van der Waals surface area contributed by atoms with Gasteiger partial charge in [-0.05, 0) is 25.3 Å². The molecule has 0 spiro atoms. The van der Waals surface area contributed by atoms with Crippen molar-refractivity contribution in [1.29, 1.82) is 5.26 Å². The van der Waals surface area contributed by atoms with Crippen LogP contribution in [0.4, 0.5) is 15.0 Å². The summed E-state index contributed by atoms with van der Waals surface area (Å²) in [6.45, 7) is 1.71. The zero-order chi connectivity index (χ0) is 16.3. The molecule has 6 nitrogen and oxygen atoms in total. The first-order chi connectivity index (χ1) is 10.4. The van der Waals surface area contributed by atoms with Gasteiger partial charge in [0.1, 0.15) is 11.2 Å². The summed E-state index contributed by atoms with van der Waals surface area (Å²) in [5, 5.41) is 22.8. The third-order valence-electron chi connectivity index (χ3n) is 3.61. The highest BCUT2D eigenvalue weighted by molar-refractivity contribution is 6.30. The highest BCUT2D eigenvalue weighted by atomic mass is 35.5. The molecule has 118 valence electrons. The third-order valence-corrected chi connectivity index (χ3v) is 3.90. The van der Waals surface area contributed by atoms with Gasteiger partial charge < -0.3 is 15.7 Å². The Bertz CT molecular complexity index is 616. The molecule has 1 fully saturated rings. The van der Waals surface area contributed by atoms with Gasteiger partial charge in [-0.1, -0.05) is 24.4 Å². The Kier molecular flexibility index (Phi) is 5.03. The minimum atomic E-state index is -1.14. The average molecular weight is 327 g/mol. The molecule has 0 radical (unpaired) electrons. The lowest BCUT2D eigenvalue weighted by atomic mass is 10.0. The molecule has 1 aliphatic rings. The maximum absolute atomic E-state index is 14.0. The molecule has 1 aromatic heterocycles. The topological polar surface area (TPSA) is 98.0 Å². The lowest BCUT2D eigenvalue weighted by Gasteiger charge is -2.26. The first-order valence-electron chi connectivity index (χ1n) is 6.92. The maximum Gasteiger partial charge on any atom is 0.404 e. The van der Waals surface area contributed by atoms with Crippen molar-refractivity contribution in [1.82, 2.24) is 10.3 Å². The molecular weight excluding hydrogens is 311 g/mol. The monoisotopic (exact) mass is 326 g/mol. The van der Waals surface area contributed by atoms with Gasteiger partial charge in [-0.25, -0.2) is 14.2 Å². The van der Waals surface area contributed by atoms with Crippen LogP contribution in [-0.4, -0.2) is 28.3 Å². The van der Waals surface area contributed by atoms with Crippen LogP contribution in [0.5, 0.6) is 0 Å². The van der Waals surface area contributed by atoms with Gasteiger partial charge in [-0.3, -0.25) is 0 Å². The van der Waals surface area contributed by atoms with E-state index in [-0.39, 0.29) is 22.6 Å². The van der Waals surface area contributed by atoms with Crippen molar-refractivity contribution >= 4 is 23.5 Å². The quantitative estimate of drug-likeness (QED) is 0.698. The Labute approximate surface area is 132 Å². The number of halogens is 2. The highest BCUT2D eigenvalue weighted by Crippen LogP contribution is 2.35. The molecule has 0 unspecified atom stereocenters. The lowest BCUT2D eigenvalue weighted by molar-refractivity contribution is 0.189. The van der Waals surface area contributed by atoms with Crippen LogP contribution in [0.1, 0.15) is 31.7 Å². The molecule has 1 aromatic rings. The van der Waals surface area contributed by atoms with Crippen LogP contribution >= 0.6 is 11.6 Å². The number of pyridine rings is 1. The second-order valence-electron chi connectivity index (χ2n) is 5.44. The molecule has 0 aromatic carbocycles. The van der Waals surface area contributed by atoms with Crippen molar-refractivity contribution in [2.45, 2.75) is 38.3 Å². The summed E-state index contributed by atoms with van der Waals surface area (Å²) in [5.41, 5.74) is -0.0415. The van der Waals surface area contributed by atoms with Gasteiger partial charge in [-0.2, -0.15) is 5.26 Å². The summed E-state index contributed by atoms with van der Waals surface area (Å²) in [4.78, 5) is 14.6. The fraction of sp³-hybridized carbons (Fsp3) is 0.500. The predicted molar refractivity (Wildman–Crippen MR) is 79.3 cm³/mol. The average Bonchev–Trinajstić information content (AvgIpc) is 3.24. The third kappa shape index (κ3) is 4.21. The smallest absolute Gasteiger partial charge is 0.404 e. The van der Waals surface area contributed by atoms with Gasteiger partial charge in [0, 0.05) is 12.1 Å². The zero-order valence-corrected chi connectivity index (χ0v) is 12.7. The number of carbonyl (C=O) groups is 1. The number of aromatic nitrogens is 1. The number of nitriles is 1. The van der Waals surface area contributed by atoms with Gasteiger partial charge in [-0.15, -0.1) is 0 Å². The Morgan fingerprint density at radius 2 is 2.36 bits per heavy atom. The zero-order valence-electron chi connectivity index (χ0n) is 11.9. The van der Waals surface area contributed by atoms with E-state index >= 15 is 0 Å². The van der Waals surface area contributed by atoms with Crippen LogP contribution in [0.2, 0.25) is 5.15 Å². The molecule has 8 heteroatoms. The van der Waals surface area contributed by atoms with Crippen molar-refractivity contribution < 1.29 is 14.3 Å². The highest BCUT2D eigenvalue weighted by Gasteiger charge is 2.30. The van der Waals surface area contributed by atoms with E-state index in [0.29, 0.717) is 12.3 Å². The second-order valence-corrected chi connectivity index (χ2v) is 5.80. The van der Waals surface area contributed by atoms with E-state index in [0.717, 1.165) is 18.9 Å². The molecule has 0 bridgehead atoms. The van der Waals surface area contributed by atoms with E-state index in [2.05, 4.69) is 15.6 Å². The first kappa shape index (κ1) is 16.3. The van der Waals surface area contributed by atoms with Gasteiger partial charge in [0.15, 0.2) is 11.6 Å². The van der Waals surface area contributed by atoms with E-state index in [1.807, 2.05) is 0 Å². The molecule has 0 aliphatic heterocycles. The van der Waals surface area contributed by atoms with Crippen molar-refractivity contribution in [2.24, 2.45) is 5.92 Å². The largest absolute Gasteiger partial charge is 0.465 e. The predicted octanol–water partition coefficient (Wildman–Crippen LogP) is 2.98. The van der Waals surface area contributed by atoms with Gasteiger partial charge in [0.2, 0.25) is 0 Å². The summed E-state index contributed by atoms with van der Waals surface area (Å²) in [6.07, 6.45) is 1.74. The lowest BCUT2D eigenvalue weighted by Crippen LogP contribution is -2.45. The molecule has 2 rings (SSSR count). The number of rotatable bonds is 6. The number of nitrogens with zero attached hydrogens (tertiary/aromatic N) is 2. The molecule has 2 atom stereocenters. The number of amides is 1. The van der Waals surface area contributed by atoms with Crippen LogP contribution in [0.3, 0.4) is 0 Å². The fourth-order valence-corrected chi connectivity index (χ4v) is 2.40. The minimum Gasteiger partial charge on any atom is -0.465 e. The molecule has 0 saturated heterocycles. The second kappa shape index (κ2) is 6.79. The van der Waals surface area contributed by atoms with E-state index in [4.69, 9.17) is 22.0 Å². The summed E-state index contributed by atoms with van der Waals surface area (Å²) in [6, 6.07) is 2.04. The Hall–Kier alpha value is -2.07. The number of hydrogen-bond acceptors (Lipinski definition) is 4. The van der Waals surface area contributed by atoms with Crippen molar-refractivity contribution in [3.05, 3.63) is 22.6 Å². The molecule has 1 saturated carbocycles. The van der Waals surface area contributed by atoms with Crippen molar-refractivity contribution in [3.63, 3.8) is 0 Å². The Morgan fingerprint density at radius 1 is 1.68 bits per heavy atom. The maximum atomic E-state index is 14.0. The number of anilines is 1. The number of carboxylic acid groups (broad SMARTS) is 1. The van der Waals surface area contributed by atoms with Gasteiger partial charge in [0.25, 0.3) is 0 Å². The number of hydrogen-bond donors (Lipinski definition) is 3. The Morgan fingerprint density at radius 3 is 2.91 bits per heavy atom. The molecule has 22 heavy (non-hydrogen) atoms. The SMILES string of the molecule is C[C@H](NC(=O)O)[C@@H](CC1CC1)Nc1nc(Cl)c(C#N)cc1F. The van der Waals surface area contributed by atoms with Gasteiger partial charge in [0.05, 0.1) is 5.56 Å². The summed E-state index contributed by atoms with van der Waals surface area (Å²) in [7, 11) is 0. The fourth-order valence-electron chi connectivity index (χ4n) is 2.22. The minimum absolute atomic E-state index is 0.0415. The molecule has 1 heterocycles. The molecule has 1 aliphatic carbocycles. The molecular formula is C14H16ClFN4O2. The molecule has 1 amide bonds. The van der Waals surface area contributed by atoms with E-state index in [1.54, 1.807) is 13.0 Å². The van der Waals surface area contributed by atoms with Crippen LogP contribution < -0.4 is 10.6 Å². The van der Waals surface area contributed by atoms with Crippen LogP contribution in [0.25, 0.3) is 0 Å². The first-order valence-corrected chi connectivity index (χ1v) is 7.30. The van der Waals surface area contributed by atoms with Crippen LogP contribution in [-0.2, 0) is 0 Å². The summed E-state index contributed by atoms with van der Waals surface area (Å²) in [5.74, 6) is -0.259. The summed E-state index contributed by atoms with van der Waals surface area (Å²) < 4.78 is 14.0. The van der Waals surface area contributed by atoms with E-state index < -0.39 is 18.0 Å². The Balaban J connectivity index is 2.17. The van der Waals surface area contributed by atoms with Crippen molar-refractivity contribution in [3.8, 4) is 6.07 Å². The normalized spacial score (nSPS) is 16.5. The van der Waals surface area contributed by atoms with Crippen LogP contribution in [0, 0.1) is 23.1 Å². The van der Waals surface area contributed by atoms with Crippen LogP contribution in [0.15, 0.2) is 6.07 Å². The molecule has 3 N–H and O–H groups in total.